The minimum Gasteiger partial charge on any atom is -0.490 e. The standard InChI is InChI=1S/C18H29NO4Si/c1-24(2,3)11-9-15-12-17(8-10-19(15)18(21)22)23-16-6-4-14(13-20)5-7-16/h4-7,15,17,20H,8-13H2,1-3H3,(H,21,22). The van der Waals surface area contributed by atoms with E-state index in [1.165, 1.54) is 0 Å². The smallest absolute Gasteiger partial charge is 0.407 e. The van der Waals surface area contributed by atoms with Gasteiger partial charge in [-0.25, -0.2) is 4.79 Å². The third-order valence-electron chi connectivity index (χ3n) is 4.55. The van der Waals surface area contributed by atoms with Crippen LogP contribution >= 0.6 is 0 Å². The van der Waals surface area contributed by atoms with Crippen molar-refractivity contribution in [2.45, 2.75) is 63.7 Å². The molecule has 0 bridgehead atoms. The first-order chi connectivity index (χ1) is 11.3. The van der Waals surface area contributed by atoms with Gasteiger partial charge in [-0.1, -0.05) is 37.8 Å². The van der Waals surface area contributed by atoms with Gasteiger partial charge in [0, 0.05) is 33.5 Å². The van der Waals surface area contributed by atoms with Crippen LogP contribution in [-0.4, -0.2) is 48.0 Å². The molecule has 2 atom stereocenters. The van der Waals surface area contributed by atoms with Gasteiger partial charge in [0.1, 0.15) is 11.9 Å². The first-order valence-electron chi connectivity index (χ1n) is 8.64. The normalized spacial score (nSPS) is 21.6. The summed E-state index contributed by atoms with van der Waals surface area (Å²) in [6, 6.07) is 8.61. The van der Waals surface area contributed by atoms with Gasteiger partial charge < -0.3 is 19.8 Å². The number of nitrogens with zero attached hydrogens (tertiary/aromatic N) is 1. The van der Waals surface area contributed by atoms with Crippen LogP contribution in [0.4, 0.5) is 4.79 Å². The zero-order chi connectivity index (χ0) is 17.7. The Morgan fingerprint density at radius 3 is 2.50 bits per heavy atom. The van der Waals surface area contributed by atoms with Gasteiger partial charge in [0.25, 0.3) is 0 Å². The van der Waals surface area contributed by atoms with Crippen LogP contribution in [0.5, 0.6) is 5.75 Å². The van der Waals surface area contributed by atoms with E-state index in [9.17, 15) is 9.90 Å². The van der Waals surface area contributed by atoms with Crippen LogP contribution in [-0.2, 0) is 6.61 Å². The second-order valence-corrected chi connectivity index (χ2v) is 13.4. The Labute approximate surface area is 145 Å². The van der Waals surface area contributed by atoms with Crippen LogP contribution in [0, 0.1) is 0 Å². The van der Waals surface area contributed by atoms with Gasteiger partial charge in [-0.05, 0) is 24.1 Å². The highest BCUT2D eigenvalue weighted by Gasteiger charge is 2.33. The van der Waals surface area contributed by atoms with Crippen molar-refractivity contribution in [2.75, 3.05) is 6.54 Å². The number of likely N-dealkylation sites (tertiary alicyclic amines) is 1. The summed E-state index contributed by atoms with van der Waals surface area (Å²) in [5.41, 5.74) is 0.857. The van der Waals surface area contributed by atoms with Gasteiger partial charge >= 0.3 is 6.09 Å². The zero-order valence-electron chi connectivity index (χ0n) is 14.9. The summed E-state index contributed by atoms with van der Waals surface area (Å²) >= 11 is 0. The highest BCUT2D eigenvalue weighted by atomic mass is 28.3. The number of rotatable bonds is 6. The zero-order valence-corrected chi connectivity index (χ0v) is 15.9. The van der Waals surface area contributed by atoms with Gasteiger partial charge in [-0.3, -0.25) is 0 Å². The second kappa shape index (κ2) is 8.03. The Bertz CT molecular complexity index is 541. The molecule has 1 aromatic carbocycles. The van der Waals surface area contributed by atoms with Crippen molar-refractivity contribution in [1.29, 1.82) is 0 Å². The van der Waals surface area contributed by atoms with Crippen LogP contribution in [0.1, 0.15) is 24.8 Å². The van der Waals surface area contributed by atoms with Gasteiger partial charge in [0.15, 0.2) is 0 Å². The highest BCUT2D eigenvalue weighted by molar-refractivity contribution is 6.76. The largest absolute Gasteiger partial charge is 0.490 e. The SMILES string of the molecule is C[Si](C)(C)CCC1CC(Oc2ccc(CO)cc2)CCN1C(=O)O. The molecule has 0 aliphatic carbocycles. The van der Waals surface area contributed by atoms with E-state index in [0.717, 1.165) is 36.6 Å². The third kappa shape index (κ3) is 5.53. The van der Waals surface area contributed by atoms with Crippen LogP contribution < -0.4 is 4.74 Å². The third-order valence-corrected chi connectivity index (χ3v) is 6.34. The molecule has 134 valence electrons. The topological polar surface area (TPSA) is 70.0 Å². The van der Waals surface area contributed by atoms with E-state index in [2.05, 4.69) is 19.6 Å². The molecule has 2 unspecified atom stereocenters. The van der Waals surface area contributed by atoms with Crippen LogP contribution in [0.3, 0.4) is 0 Å². The maximum atomic E-state index is 11.5. The Kier molecular flexibility index (Phi) is 6.29. The van der Waals surface area contributed by atoms with E-state index >= 15 is 0 Å². The molecule has 0 saturated carbocycles. The van der Waals surface area contributed by atoms with E-state index in [0.29, 0.717) is 6.54 Å². The van der Waals surface area contributed by atoms with Crippen molar-refractivity contribution in [2.24, 2.45) is 0 Å². The van der Waals surface area contributed by atoms with Crippen molar-refractivity contribution < 1.29 is 19.7 Å². The minimum absolute atomic E-state index is 0.0239. The lowest BCUT2D eigenvalue weighted by Gasteiger charge is -2.38. The summed E-state index contributed by atoms with van der Waals surface area (Å²) in [6.45, 7) is 7.51. The Morgan fingerprint density at radius 2 is 1.96 bits per heavy atom. The Balaban J connectivity index is 1.98. The molecule has 2 rings (SSSR count). The molecule has 2 N–H and O–H groups in total. The van der Waals surface area contributed by atoms with Crippen LogP contribution in [0.2, 0.25) is 25.7 Å². The van der Waals surface area contributed by atoms with E-state index in [1.54, 1.807) is 4.90 Å². The predicted molar refractivity (Wildman–Crippen MR) is 97.3 cm³/mol. The maximum Gasteiger partial charge on any atom is 0.407 e. The molecule has 1 fully saturated rings. The first kappa shape index (κ1) is 18.8. The quantitative estimate of drug-likeness (QED) is 0.765. The average molecular weight is 352 g/mol. The summed E-state index contributed by atoms with van der Waals surface area (Å²) in [7, 11) is -1.20. The molecule has 0 radical (unpaired) electrons. The molecule has 1 aliphatic rings. The van der Waals surface area contributed by atoms with E-state index in [-0.39, 0.29) is 18.8 Å². The highest BCUT2D eigenvalue weighted by Crippen LogP contribution is 2.27. The number of aliphatic hydroxyl groups is 1. The van der Waals surface area contributed by atoms with Gasteiger partial charge in [0.05, 0.1) is 6.61 Å². The summed E-state index contributed by atoms with van der Waals surface area (Å²) in [5.74, 6) is 0.782. The number of benzene rings is 1. The van der Waals surface area contributed by atoms with E-state index in [1.807, 2.05) is 24.3 Å². The summed E-state index contributed by atoms with van der Waals surface area (Å²) in [6.07, 6.45) is 1.62. The van der Waals surface area contributed by atoms with Gasteiger partial charge in [-0.15, -0.1) is 0 Å². The molecular formula is C18H29NO4Si. The molecule has 1 heterocycles. The fourth-order valence-electron chi connectivity index (χ4n) is 3.11. The molecule has 0 spiro atoms. The van der Waals surface area contributed by atoms with Crippen molar-refractivity contribution in [1.82, 2.24) is 4.90 Å². The minimum atomic E-state index is -1.20. The van der Waals surface area contributed by atoms with Crippen molar-refractivity contribution >= 4 is 14.2 Å². The number of aliphatic hydroxyl groups excluding tert-OH is 1. The predicted octanol–water partition coefficient (Wildman–Crippen LogP) is 3.80. The molecule has 1 aromatic rings. The molecule has 5 nitrogen and oxygen atoms in total. The second-order valence-electron chi connectivity index (χ2n) is 7.80. The molecule has 1 aliphatic heterocycles. The van der Waals surface area contributed by atoms with E-state index in [4.69, 9.17) is 9.84 Å². The molecule has 1 saturated heterocycles. The lowest BCUT2D eigenvalue weighted by atomic mass is 9.97. The number of carboxylic acid groups (broad SMARTS) is 1. The van der Waals surface area contributed by atoms with Crippen LogP contribution in [0.25, 0.3) is 0 Å². The molecule has 0 aromatic heterocycles. The number of piperidine rings is 1. The molecule has 24 heavy (non-hydrogen) atoms. The molecule has 1 amide bonds. The average Bonchev–Trinajstić information content (AvgIpc) is 2.53. The fourth-order valence-corrected chi connectivity index (χ4v) is 4.31. The lowest BCUT2D eigenvalue weighted by molar-refractivity contribution is 0.0530. The maximum absolute atomic E-state index is 11.5. The molecular weight excluding hydrogens is 322 g/mol. The Morgan fingerprint density at radius 1 is 1.29 bits per heavy atom. The number of hydrogen-bond donors (Lipinski definition) is 2. The van der Waals surface area contributed by atoms with Crippen molar-refractivity contribution in [3.05, 3.63) is 29.8 Å². The lowest BCUT2D eigenvalue weighted by Crippen LogP contribution is -2.48. The number of carbonyl (C=O) groups is 1. The number of amides is 1. The number of ether oxygens (including phenoxy) is 1. The van der Waals surface area contributed by atoms with Gasteiger partial charge in [0.2, 0.25) is 0 Å². The Hall–Kier alpha value is -1.53. The summed E-state index contributed by atoms with van der Waals surface area (Å²) < 4.78 is 6.06. The molecule has 6 heteroatoms. The van der Waals surface area contributed by atoms with Crippen molar-refractivity contribution in [3.8, 4) is 5.75 Å². The summed E-state index contributed by atoms with van der Waals surface area (Å²) in [5, 5.41) is 18.5. The monoisotopic (exact) mass is 351 g/mol. The number of hydrogen-bond acceptors (Lipinski definition) is 3. The van der Waals surface area contributed by atoms with Crippen LogP contribution in [0.15, 0.2) is 24.3 Å². The van der Waals surface area contributed by atoms with Gasteiger partial charge in [-0.2, -0.15) is 0 Å². The summed E-state index contributed by atoms with van der Waals surface area (Å²) in [4.78, 5) is 13.1. The first-order valence-corrected chi connectivity index (χ1v) is 12.4. The van der Waals surface area contributed by atoms with E-state index < -0.39 is 14.2 Å². The fraction of sp³-hybridized carbons (Fsp3) is 0.611. The van der Waals surface area contributed by atoms with Crippen molar-refractivity contribution in [3.63, 3.8) is 0 Å².